The standard InChI is InChI=1S/C17H13F3N4O3S/c1-3-11-9-22-24-5-4-12(7-15(11)24)13-6-14(16(27-2)21-8-13)23-28(25,26)10-17(18,19)20/h1,4-9,23H,10H2,2H3. The molecule has 3 aromatic rings. The van der Waals surface area contributed by atoms with Gasteiger partial charge in [-0.25, -0.2) is 17.9 Å². The molecule has 0 saturated carbocycles. The molecule has 3 rings (SSSR count). The summed E-state index contributed by atoms with van der Waals surface area (Å²) in [6, 6.07) is 4.72. The minimum atomic E-state index is -4.89. The topological polar surface area (TPSA) is 85.6 Å². The molecule has 11 heteroatoms. The number of halogens is 3. The lowest BCUT2D eigenvalue weighted by Gasteiger charge is -2.13. The quantitative estimate of drug-likeness (QED) is 0.654. The van der Waals surface area contributed by atoms with Crippen molar-refractivity contribution in [2.24, 2.45) is 0 Å². The number of sulfonamides is 1. The molecule has 146 valence electrons. The maximum atomic E-state index is 12.5. The molecular weight excluding hydrogens is 397 g/mol. The third-order valence-corrected chi connectivity index (χ3v) is 4.91. The normalized spacial score (nSPS) is 12.0. The molecule has 0 aliphatic heterocycles. The molecule has 0 spiro atoms. The Kier molecular flexibility index (Phi) is 4.91. The highest BCUT2D eigenvalue weighted by Crippen LogP contribution is 2.30. The Morgan fingerprint density at radius 1 is 1.29 bits per heavy atom. The molecule has 28 heavy (non-hydrogen) atoms. The summed E-state index contributed by atoms with van der Waals surface area (Å²) in [7, 11) is -3.47. The Morgan fingerprint density at radius 2 is 2.04 bits per heavy atom. The highest BCUT2D eigenvalue weighted by molar-refractivity contribution is 7.92. The lowest BCUT2D eigenvalue weighted by Crippen LogP contribution is -2.28. The smallest absolute Gasteiger partial charge is 0.404 e. The summed E-state index contributed by atoms with van der Waals surface area (Å²) in [6.07, 6.45) is 5.10. The number of fused-ring (bicyclic) bond motifs is 1. The molecule has 0 amide bonds. The molecule has 0 aliphatic carbocycles. The lowest BCUT2D eigenvalue weighted by atomic mass is 10.1. The summed E-state index contributed by atoms with van der Waals surface area (Å²) in [5.41, 5.74) is 2.02. The van der Waals surface area contributed by atoms with Crippen LogP contribution in [0.2, 0.25) is 0 Å². The van der Waals surface area contributed by atoms with Crippen molar-refractivity contribution in [2.45, 2.75) is 6.18 Å². The van der Waals surface area contributed by atoms with E-state index >= 15 is 0 Å². The number of hydrogen-bond donors (Lipinski definition) is 1. The average molecular weight is 410 g/mol. The number of aromatic nitrogens is 3. The molecule has 1 N–H and O–H groups in total. The zero-order valence-electron chi connectivity index (χ0n) is 14.4. The largest absolute Gasteiger partial charge is 0.480 e. The third-order valence-electron chi connectivity index (χ3n) is 3.67. The molecule has 0 bridgehead atoms. The molecule has 0 fully saturated rings. The van der Waals surface area contributed by atoms with Crippen molar-refractivity contribution in [1.29, 1.82) is 0 Å². The second-order valence-electron chi connectivity index (χ2n) is 5.70. The van der Waals surface area contributed by atoms with Gasteiger partial charge >= 0.3 is 6.18 Å². The highest BCUT2D eigenvalue weighted by atomic mass is 32.2. The SMILES string of the molecule is C#Cc1cnn2ccc(-c3cnc(OC)c(NS(=O)(=O)CC(F)(F)F)c3)cc12. The van der Waals surface area contributed by atoms with Crippen LogP contribution in [-0.4, -0.2) is 42.1 Å². The van der Waals surface area contributed by atoms with Crippen LogP contribution in [0, 0.1) is 12.3 Å². The van der Waals surface area contributed by atoms with Gasteiger partial charge in [-0.2, -0.15) is 18.3 Å². The Labute approximate surface area is 158 Å². The fourth-order valence-corrected chi connectivity index (χ4v) is 3.52. The molecule has 3 heterocycles. The second-order valence-corrected chi connectivity index (χ2v) is 7.43. The minimum Gasteiger partial charge on any atom is -0.480 e. The second kappa shape index (κ2) is 7.05. The number of terminal acetylenes is 1. The van der Waals surface area contributed by atoms with Gasteiger partial charge in [-0.15, -0.1) is 6.42 Å². The van der Waals surface area contributed by atoms with Crippen molar-refractivity contribution in [1.82, 2.24) is 14.6 Å². The number of nitrogens with one attached hydrogen (secondary N) is 1. The van der Waals surface area contributed by atoms with E-state index in [1.54, 1.807) is 22.8 Å². The summed E-state index contributed by atoms with van der Waals surface area (Å²) < 4.78 is 69.4. The zero-order chi connectivity index (χ0) is 20.5. The van der Waals surface area contributed by atoms with Crippen LogP contribution in [0.1, 0.15) is 5.56 Å². The lowest BCUT2D eigenvalue weighted by molar-refractivity contribution is -0.106. The predicted molar refractivity (Wildman–Crippen MR) is 96.4 cm³/mol. The van der Waals surface area contributed by atoms with Crippen LogP contribution in [0.25, 0.3) is 16.6 Å². The fourth-order valence-electron chi connectivity index (χ4n) is 2.54. The van der Waals surface area contributed by atoms with Gasteiger partial charge in [-0.3, -0.25) is 4.72 Å². The highest BCUT2D eigenvalue weighted by Gasteiger charge is 2.35. The Hall–Kier alpha value is -3.26. The van der Waals surface area contributed by atoms with Gasteiger partial charge in [0.25, 0.3) is 0 Å². The van der Waals surface area contributed by atoms with Crippen LogP contribution >= 0.6 is 0 Å². The van der Waals surface area contributed by atoms with E-state index in [0.717, 1.165) is 0 Å². The van der Waals surface area contributed by atoms with E-state index in [2.05, 4.69) is 16.0 Å². The summed E-state index contributed by atoms with van der Waals surface area (Å²) in [4.78, 5) is 3.97. The first-order valence-electron chi connectivity index (χ1n) is 7.67. The summed E-state index contributed by atoms with van der Waals surface area (Å²) >= 11 is 0. The van der Waals surface area contributed by atoms with E-state index in [4.69, 9.17) is 11.2 Å². The number of ether oxygens (including phenoxy) is 1. The number of hydrogen-bond acceptors (Lipinski definition) is 5. The number of anilines is 1. The third kappa shape index (κ3) is 4.17. The number of alkyl halides is 3. The van der Waals surface area contributed by atoms with Gasteiger partial charge in [0.2, 0.25) is 15.9 Å². The fraction of sp³-hybridized carbons (Fsp3) is 0.176. The van der Waals surface area contributed by atoms with Crippen molar-refractivity contribution in [3.8, 4) is 29.4 Å². The number of methoxy groups -OCH3 is 1. The predicted octanol–water partition coefficient (Wildman–Crippen LogP) is 2.69. The Balaban J connectivity index is 2.03. The van der Waals surface area contributed by atoms with Crippen LogP contribution in [0.15, 0.2) is 36.8 Å². The molecule has 7 nitrogen and oxygen atoms in total. The van der Waals surface area contributed by atoms with E-state index in [1.165, 1.54) is 25.6 Å². The van der Waals surface area contributed by atoms with Crippen LogP contribution in [0.5, 0.6) is 5.88 Å². The summed E-state index contributed by atoms with van der Waals surface area (Å²) in [5.74, 6) is 0.304. The van der Waals surface area contributed by atoms with Gasteiger partial charge in [0.15, 0.2) is 5.75 Å². The van der Waals surface area contributed by atoms with Gasteiger partial charge in [0.05, 0.1) is 24.4 Å². The van der Waals surface area contributed by atoms with Crippen LogP contribution in [0.4, 0.5) is 18.9 Å². The molecule has 0 atom stereocenters. The number of nitrogens with zero attached hydrogens (tertiary/aromatic N) is 3. The maximum absolute atomic E-state index is 12.5. The van der Waals surface area contributed by atoms with Gasteiger partial charge in [-0.1, -0.05) is 5.92 Å². The summed E-state index contributed by atoms with van der Waals surface area (Å²) in [5, 5.41) is 4.09. The van der Waals surface area contributed by atoms with Gasteiger partial charge < -0.3 is 4.74 Å². The molecule has 0 radical (unpaired) electrons. The Bertz CT molecular complexity index is 1180. The summed E-state index contributed by atoms with van der Waals surface area (Å²) in [6.45, 7) is 0. The first-order chi connectivity index (χ1) is 13.1. The minimum absolute atomic E-state index is 0.163. The average Bonchev–Trinajstić information content (AvgIpc) is 3.01. The van der Waals surface area contributed by atoms with Crippen molar-refractivity contribution in [3.05, 3.63) is 42.4 Å². The van der Waals surface area contributed by atoms with Gasteiger partial charge in [0.1, 0.15) is 5.69 Å². The monoisotopic (exact) mass is 410 g/mol. The molecule has 0 unspecified atom stereocenters. The van der Waals surface area contributed by atoms with Crippen LogP contribution in [-0.2, 0) is 10.0 Å². The van der Waals surface area contributed by atoms with Gasteiger partial charge in [0, 0.05) is 18.0 Å². The molecule has 0 aromatic carbocycles. The van der Waals surface area contributed by atoms with Crippen molar-refractivity contribution >= 4 is 21.2 Å². The van der Waals surface area contributed by atoms with Crippen molar-refractivity contribution in [3.63, 3.8) is 0 Å². The van der Waals surface area contributed by atoms with E-state index in [1.807, 2.05) is 4.72 Å². The Morgan fingerprint density at radius 3 is 2.68 bits per heavy atom. The zero-order valence-corrected chi connectivity index (χ0v) is 15.2. The van der Waals surface area contributed by atoms with Gasteiger partial charge in [-0.05, 0) is 23.8 Å². The van der Waals surface area contributed by atoms with Crippen LogP contribution in [0.3, 0.4) is 0 Å². The molecular formula is C17H13F3N4O3S. The van der Waals surface area contributed by atoms with E-state index in [0.29, 0.717) is 22.2 Å². The van der Waals surface area contributed by atoms with Crippen LogP contribution < -0.4 is 9.46 Å². The number of pyridine rings is 2. The van der Waals surface area contributed by atoms with E-state index in [-0.39, 0.29) is 11.6 Å². The molecule has 3 aromatic heterocycles. The first kappa shape index (κ1) is 19.5. The molecule has 0 aliphatic rings. The van der Waals surface area contributed by atoms with E-state index in [9.17, 15) is 21.6 Å². The first-order valence-corrected chi connectivity index (χ1v) is 9.33. The van der Waals surface area contributed by atoms with Crippen molar-refractivity contribution in [2.75, 3.05) is 17.6 Å². The van der Waals surface area contributed by atoms with Crippen molar-refractivity contribution < 1.29 is 26.3 Å². The number of rotatable bonds is 5. The molecule has 0 saturated heterocycles. The van der Waals surface area contributed by atoms with E-state index < -0.39 is 22.0 Å². The maximum Gasteiger partial charge on any atom is 0.404 e.